The Kier molecular flexibility index (Phi) is 4.14. The lowest BCUT2D eigenvalue weighted by atomic mass is 10.1. The van der Waals surface area contributed by atoms with Crippen LogP contribution in [-0.2, 0) is 4.79 Å². The Morgan fingerprint density at radius 1 is 1.12 bits per heavy atom. The number of carbonyl (C=O) groups is 2. The summed E-state index contributed by atoms with van der Waals surface area (Å²) in [4.78, 5) is 43.3. The second-order valence-corrected chi connectivity index (χ2v) is 5.04. The Morgan fingerprint density at radius 3 is 2.31 bits per heavy atom. The lowest BCUT2D eigenvalue weighted by molar-refractivity contribution is -0.392. The molecule has 0 radical (unpaired) electrons. The van der Waals surface area contributed by atoms with Gasteiger partial charge in [-0.25, -0.2) is 9.80 Å². The van der Waals surface area contributed by atoms with E-state index in [0.717, 1.165) is 23.4 Å². The largest absolute Gasteiger partial charge is 0.455 e. The predicted octanol–water partition coefficient (Wildman–Crippen LogP) is 1.65. The van der Waals surface area contributed by atoms with Crippen molar-refractivity contribution in [1.29, 1.82) is 0 Å². The summed E-state index contributed by atoms with van der Waals surface area (Å²) in [6.07, 6.45) is 1.11. The summed E-state index contributed by atoms with van der Waals surface area (Å²) in [7, 11) is 0. The Labute approximate surface area is 144 Å². The predicted molar refractivity (Wildman–Crippen MR) is 85.3 cm³/mol. The molecule has 0 atom stereocenters. The van der Waals surface area contributed by atoms with Crippen LogP contribution in [0.4, 0.5) is 16.2 Å². The van der Waals surface area contributed by atoms with Crippen molar-refractivity contribution in [3.63, 3.8) is 0 Å². The summed E-state index contributed by atoms with van der Waals surface area (Å²) in [6, 6.07) is 5.43. The van der Waals surface area contributed by atoms with E-state index < -0.39 is 33.2 Å². The third-order valence-corrected chi connectivity index (χ3v) is 3.39. The smallest absolute Gasteiger partial charge is 0.344 e. The van der Waals surface area contributed by atoms with Crippen molar-refractivity contribution in [2.24, 2.45) is 5.10 Å². The monoisotopic (exact) mass is 359 g/mol. The topological polar surface area (TPSA) is 161 Å². The highest BCUT2D eigenvalue weighted by atomic mass is 16.6. The number of carbonyl (C=O) groups excluding carboxylic acids is 2. The maximum atomic E-state index is 11.4. The fraction of sp³-hybridized carbons (Fsp3) is 0.0714. The summed E-state index contributed by atoms with van der Waals surface area (Å²) in [5, 5.41) is 29.0. The van der Waals surface area contributed by atoms with Crippen LogP contribution >= 0.6 is 0 Å². The van der Waals surface area contributed by atoms with Gasteiger partial charge in [0.15, 0.2) is 5.56 Å². The Bertz CT molecular complexity index is 932. The number of hydrogen-bond acceptors (Lipinski definition) is 8. The van der Waals surface area contributed by atoms with Crippen LogP contribution in [0.3, 0.4) is 0 Å². The maximum absolute atomic E-state index is 11.4. The van der Waals surface area contributed by atoms with Gasteiger partial charge in [0.1, 0.15) is 18.1 Å². The molecule has 1 N–H and O–H groups in total. The van der Waals surface area contributed by atoms with E-state index in [1.165, 1.54) is 18.2 Å². The summed E-state index contributed by atoms with van der Waals surface area (Å²) in [5.41, 5.74) is -1.25. The zero-order valence-electron chi connectivity index (χ0n) is 12.8. The van der Waals surface area contributed by atoms with Crippen LogP contribution in [0.15, 0.2) is 39.9 Å². The van der Waals surface area contributed by atoms with E-state index >= 15 is 0 Å². The highest BCUT2D eigenvalue weighted by molar-refractivity contribution is 6.02. The van der Waals surface area contributed by atoms with Gasteiger partial charge in [0.05, 0.1) is 16.1 Å². The molecule has 1 fully saturated rings. The molecule has 26 heavy (non-hydrogen) atoms. The molecule has 3 rings (SSSR count). The molecule has 2 aromatic rings. The molecule has 0 aliphatic carbocycles. The molecule has 1 aliphatic rings. The summed E-state index contributed by atoms with van der Waals surface area (Å²) < 4.78 is 5.37. The zero-order chi connectivity index (χ0) is 18.8. The SMILES string of the molecule is O=C1CN(/N=C/c2ccc(-c3c([N+](=O)[O-])cccc3[N+](=O)[O-])o2)C(=O)N1. The Morgan fingerprint density at radius 2 is 1.77 bits per heavy atom. The van der Waals surface area contributed by atoms with E-state index in [9.17, 15) is 29.8 Å². The number of furan rings is 1. The molecule has 1 saturated heterocycles. The minimum atomic E-state index is -0.751. The van der Waals surface area contributed by atoms with E-state index in [1.807, 2.05) is 5.32 Å². The van der Waals surface area contributed by atoms with Gasteiger partial charge in [-0.15, -0.1) is 0 Å². The fourth-order valence-electron chi connectivity index (χ4n) is 2.29. The number of imide groups is 1. The van der Waals surface area contributed by atoms with E-state index in [-0.39, 0.29) is 23.6 Å². The van der Waals surface area contributed by atoms with E-state index in [2.05, 4.69) is 5.10 Å². The second-order valence-electron chi connectivity index (χ2n) is 5.04. The molecule has 12 heteroatoms. The third kappa shape index (κ3) is 3.10. The molecular weight excluding hydrogens is 350 g/mol. The average molecular weight is 359 g/mol. The molecule has 3 amide bonds. The number of hydrogen-bond donors (Lipinski definition) is 1. The van der Waals surface area contributed by atoms with E-state index in [1.54, 1.807) is 0 Å². The van der Waals surface area contributed by atoms with Crippen molar-refractivity contribution >= 4 is 29.5 Å². The Balaban J connectivity index is 1.95. The molecule has 2 heterocycles. The van der Waals surface area contributed by atoms with Crippen LogP contribution in [0.2, 0.25) is 0 Å². The first-order valence-corrected chi connectivity index (χ1v) is 7.04. The van der Waals surface area contributed by atoms with Crippen molar-refractivity contribution < 1.29 is 23.9 Å². The van der Waals surface area contributed by atoms with Gasteiger partial charge in [-0.2, -0.15) is 5.10 Å². The quantitative estimate of drug-likeness (QED) is 0.367. The lowest BCUT2D eigenvalue weighted by Gasteiger charge is -2.03. The summed E-state index contributed by atoms with van der Waals surface area (Å²) >= 11 is 0. The van der Waals surface area contributed by atoms with Crippen LogP contribution in [0.5, 0.6) is 0 Å². The molecule has 132 valence electrons. The normalized spacial score (nSPS) is 14.1. The van der Waals surface area contributed by atoms with Crippen molar-refractivity contribution in [3.8, 4) is 11.3 Å². The number of rotatable bonds is 5. The second kappa shape index (κ2) is 6.43. The van der Waals surface area contributed by atoms with Crippen LogP contribution < -0.4 is 5.32 Å². The number of nitro groups is 2. The van der Waals surface area contributed by atoms with Crippen molar-refractivity contribution in [1.82, 2.24) is 10.3 Å². The van der Waals surface area contributed by atoms with Gasteiger partial charge in [-0.05, 0) is 18.2 Å². The van der Waals surface area contributed by atoms with Gasteiger partial charge >= 0.3 is 6.03 Å². The van der Waals surface area contributed by atoms with Crippen molar-refractivity contribution in [2.75, 3.05) is 6.54 Å². The number of nitrogens with one attached hydrogen (secondary N) is 1. The average Bonchev–Trinajstić information content (AvgIpc) is 3.18. The first-order chi connectivity index (χ1) is 12.4. The maximum Gasteiger partial charge on any atom is 0.344 e. The fourth-order valence-corrected chi connectivity index (χ4v) is 2.29. The number of hydrazone groups is 1. The van der Waals surface area contributed by atoms with Crippen molar-refractivity contribution in [3.05, 3.63) is 56.3 Å². The molecule has 0 saturated carbocycles. The molecule has 1 aromatic heterocycles. The number of benzene rings is 1. The number of urea groups is 1. The van der Waals surface area contributed by atoms with Gasteiger partial charge in [-0.1, -0.05) is 0 Å². The molecule has 0 spiro atoms. The standard InChI is InChI=1S/C14H9N5O7/c20-12-7-17(14(21)16-12)15-6-8-4-5-11(26-8)13-9(18(22)23)2-1-3-10(13)19(24)25/h1-6H,7H2,(H,16,20,21)/b15-6+. The zero-order valence-corrected chi connectivity index (χ0v) is 12.8. The highest BCUT2D eigenvalue weighted by Gasteiger charge is 2.29. The molecule has 12 nitrogen and oxygen atoms in total. The van der Waals surface area contributed by atoms with Crippen LogP contribution in [-0.4, -0.2) is 39.6 Å². The minimum Gasteiger partial charge on any atom is -0.455 e. The Hall–Kier alpha value is -4.09. The number of amides is 3. The lowest BCUT2D eigenvalue weighted by Crippen LogP contribution is -2.24. The first kappa shape index (κ1) is 16.8. The molecule has 1 aromatic carbocycles. The summed E-state index contributed by atoms with van der Waals surface area (Å²) in [6.45, 7) is -0.251. The third-order valence-electron chi connectivity index (χ3n) is 3.39. The molecule has 0 unspecified atom stereocenters. The first-order valence-electron chi connectivity index (χ1n) is 7.04. The van der Waals surface area contributed by atoms with Gasteiger partial charge in [0, 0.05) is 12.1 Å². The van der Waals surface area contributed by atoms with Crippen molar-refractivity contribution in [2.45, 2.75) is 0 Å². The van der Waals surface area contributed by atoms with Gasteiger partial charge in [0.25, 0.3) is 11.4 Å². The van der Waals surface area contributed by atoms with Crippen LogP contribution in [0.25, 0.3) is 11.3 Å². The molecule has 0 bridgehead atoms. The van der Waals surface area contributed by atoms with Gasteiger partial charge in [0.2, 0.25) is 5.91 Å². The van der Waals surface area contributed by atoms with E-state index in [4.69, 9.17) is 4.42 Å². The van der Waals surface area contributed by atoms with Crippen LogP contribution in [0, 0.1) is 20.2 Å². The van der Waals surface area contributed by atoms with E-state index in [0.29, 0.717) is 0 Å². The number of nitro benzene ring substituents is 2. The van der Waals surface area contributed by atoms with Gasteiger partial charge < -0.3 is 4.42 Å². The van der Waals surface area contributed by atoms with Crippen LogP contribution in [0.1, 0.15) is 5.76 Å². The molecule has 1 aliphatic heterocycles. The minimum absolute atomic E-state index is 0.0830. The van der Waals surface area contributed by atoms with Gasteiger partial charge in [-0.3, -0.25) is 30.3 Å². The summed E-state index contributed by atoms with van der Waals surface area (Å²) in [5.74, 6) is -0.533. The number of nitrogens with zero attached hydrogens (tertiary/aromatic N) is 4. The molecular formula is C14H9N5O7. The highest BCUT2D eigenvalue weighted by Crippen LogP contribution is 2.38.